The monoisotopic (exact) mass is 465 g/mol. The highest BCUT2D eigenvalue weighted by Crippen LogP contribution is 2.30. The molecule has 0 radical (unpaired) electrons. The summed E-state index contributed by atoms with van der Waals surface area (Å²) in [6.07, 6.45) is -2.59. The molecule has 0 atom stereocenters. The van der Waals surface area contributed by atoms with Crippen LogP contribution in [0.3, 0.4) is 0 Å². The standard InChI is InChI=1S/C23H23ClF3N3O2/c1-32-12-11-30(22(31)28-20-8-3-6-18(14-20)23(25,26)27)16-21-9-4-10-29(21)15-17-5-2-7-19(24)13-17/h2-10,13-14H,11-12,15-16H2,1H3,(H,28,31). The summed E-state index contributed by atoms with van der Waals surface area (Å²) >= 11 is 6.07. The van der Waals surface area contributed by atoms with Gasteiger partial charge in [0.05, 0.1) is 18.7 Å². The lowest BCUT2D eigenvalue weighted by Crippen LogP contribution is -2.37. The van der Waals surface area contributed by atoms with Crippen molar-refractivity contribution in [3.63, 3.8) is 0 Å². The summed E-state index contributed by atoms with van der Waals surface area (Å²) in [5, 5.41) is 3.19. The van der Waals surface area contributed by atoms with Crippen LogP contribution in [-0.2, 0) is 24.0 Å². The van der Waals surface area contributed by atoms with Gasteiger partial charge >= 0.3 is 12.2 Å². The van der Waals surface area contributed by atoms with Gasteiger partial charge in [-0.2, -0.15) is 13.2 Å². The second-order valence-corrected chi connectivity index (χ2v) is 7.62. The third kappa shape index (κ3) is 6.51. The van der Waals surface area contributed by atoms with Crippen LogP contribution in [0.1, 0.15) is 16.8 Å². The maximum atomic E-state index is 13.0. The number of urea groups is 1. The molecule has 1 N–H and O–H groups in total. The molecule has 0 saturated heterocycles. The number of nitrogens with zero attached hydrogens (tertiary/aromatic N) is 2. The van der Waals surface area contributed by atoms with Crippen LogP contribution in [0.2, 0.25) is 5.02 Å². The summed E-state index contributed by atoms with van der Waals surface area (Å²) in [4.78, 5) is 14.4. The minimum atomic E-state index is -4.49. The predicted molar refractivity (Wildman–Crippen MR) is 118 cm³/mol. The highest BCUT2D eigenvalue weighted by atomic mass is 35.5. The molecule has 170 valence electrons. The Morgan fingerprint density at radius 1 is 1.12 bits per heavy atom. The number of hydrogen-bond acceptors (Lipinski definition) is 2. The number of hydrogen-bond donors (Lipinski definition) is 1. The minimum absolute atomic E-state index is 0.0709. The number of carbonyl (C=O) groups is 1. The molecule has 2 amide bonds. The van der Waals surface area contributed by atoms with Crippen LogP contribution in [0.5, 0.6) is 0 Å². The molecule has 32 heavy (non-hydrogen) atoms. The van der Waals surface area contributed by atoms with E-state index in [4.69, 9.17) is 16.3 Å². The fourth-order valence-corrected chi connectivity index (χ4v) is 3.42. The van der Waals surface area contributed by atoms with Crippen LogP contribution in [0, 0.1) is 0 Å². The van der Waals surface area contributed by atoms with Crippen LogP contribution in [0.25, 0.3) is 0 Å². The molecule has 1 heterocycles. The summed E-state index contributed by atoms with van der Waals surface area (Å²) in [7, 11) is 1.52. The van der Waals surface area contributed by atoms with E-state index in [-0.39, 0.29) is 25.4 Å². The Labute approximate surface area is 189 Å². The van der Waals surface area contributed by atoms with Crippen LogP contribution in [0.4, 0.5) is 23.7 Å². The van der Waals surface area contributed by atoms with Gasteiger partial charge < -0.3 is 19.5 Å². The average molecular weight is 466 g/mol. The van der Waals surface area contributed by atoms with Gasteiger partial charge in [0.1, 0.15) is 0 Å². The van der Waals surface area contributed by atoms with Crippen molar-refractivity contribution in [2.45, 2.75) is 19.3 Å². The van der Waals surface area contributed by atoms with E-state index in [1.54, 1.807) is 6.07 Å². The summed E-state index contributed by atoms with van der Waals surface area (Å²) in [6, 6.07) is 15.3. The molecule has 0 fully saturated rings. The molecule has 3 rings (SSSR count). The third-order valence-corrected chi connectivity index (χ3v) is 5.05. The molecule has 0 bridgehead atoms. The van der Waals surface area contributed by atoms with Gasteiger partial charge in [0.2, 0.25) is 0 Å². The fraction of sp³-hybridized carbons (Fsp3) is 0.261. The zero-order valence-electron chi connectivity index (χ0n) is 17.4. The molecule has 5 nitrogen and oxygen atoms in total. The SMILES string of the molecule is COCCN(Cc1cccn1Cc1cccc(Cl)c1)C(=O)Nc1cccc(C(F)(F)F)c1. The van der Waals surface area contributed by atoms with E-state index in [1.165, 1.54) is 24.1 Å². The van der Waals surface area contributed by atoms with Gasteiger partial charge in [0.25, 0.3) is 0 Å². The Kier molecular flexibility index (Phi) is 7.82. The van der Waals surface area contributed by atoms with Crippen LogP contribution in [0.15, 0.2) is 66.9 Å². The molecule has 0 spiro atoms. The normalized spacial score (nSPS) is 11.4. The van der Waals surface area contributed by atoms with Gasteiger partial charge in [-0.05, 0) is 48.0 Å². The van der Waals surface area contributed by atoms with Crippen molar-refractivity contribution in [2.24, 2.45) is 0 Å². The Hall–Kier alpha value is -2.97. The number of alkyl halides is 3. The van der Waals surface area contributed by atoms with Crippen LogP contribution in [-0.4, -0.2) is 35.8 Å². The first-order valence-electron chi connectivity index (χ1n) is 9.87. The first kappa shape index (κ1) is 23.7. The Bertz CT molecular complexity index is 1050. The van der Waals surface area contributed by atoms with E-state index < -0.39 is 17.8 Å². The van der Waals surface area contributed by atoms with Crippen molar-refractivity contribution in [3.8, 4) is 0 Å². The van der Waals surface area contributed by atoms with E-state index in [9.17, 15) is 18.0 Å². The smallest absolute Gasteiger partial charge is 0.383 e. The molecule has 9 heteroatoms. The summed E-state index contributed by atoms with van der Waals surface area (Å²) in [5.74, 6) is 0. The Morgan fingerprint density at radius 2 is 1.91 bits per heavy atom. The number of aromatic nitrogens is 1. The van der Waals surface area contributed by atoms with Crippen molar-refractivity contribution in [3.05, 3.63) is 88.7 Å². The Morgan fingerprint density at radius 3 is 2.62 bits per heavy atom. The molecule has 2 aromatic carbocycles. The summed E-state index contributed by atoms with van der Waals surface area (Å²) in [6.45, 7) is 1.37. The van der Waals surface area contributed by atoms with Gasteiger partial charge in [0.15, 0.2) is 0 Å². The number of carbonyl (C=O) groups excluding carboxylic acids is 1. The lowest BCUT2D eigenvalue weighted by atomic mass is 10.2. The van der Waals surface area contributed by atoms with Crippen molar-refractivity contribution in [1.82, 2.24) is 9.47 Å². The lowest BCUT2D eigenvalue weighted by molar-refractivity contribution is -0.137. The highest BCUT2D eigenvalue weighted by molar-refractivity contribution is 6.30. The number of halogens is 4. The number of rotatable bonds is 8. The number of benzene rings is 2. The maximum absolute atomic E-state index is 13.0. The van der Waals surface area contributed by atoms with Crippen molar-refractivity contribution in [1.29, 1.82) is 0 Å². The molecular weight excluding hydrogens is 443 g/mol. The van der Waals surface area contributed by atoms with Gasteiger partial charge in [-0.25, -0.2) is 4.79 Å². The molecule has 1 aromatic heterocycles. The molecule has 0 unspecified atom stereocenters. The molecule has 3 aromatic rings. The summed E-state index contributed by atoms with van der Waals surface area (Å²) in [5.41, 5.74) is 1.11. The van der Waals surface area contributed by atoms with Crippen molar-refractivity contribution < 1.29 is 22.7 Å². The second-order valence-electron chi connectivity index (χ2n) is 7.18. The molecule has 0 aliphatic rings. The van der Waals surface area contributed by atoms with E-state index >= 15 is 0 Å². The highest BCUT2D eigenvalue weighted by Gasteiger charge is 2.30. The fourth-order valence-electron chi connectivity index (χ4n) is 3.20. The quantitative estimate of drug-likeness (QED) is 0.451. The van der Waals surface area contributed by atoms with Gasteiger partial charge in [-0.3, -0.25) is 0 Å². The zero-order chi connectivity index (χ0) is 23.1. The number of ether oxygens (including phenoxy) is 1. The zero-order valence-corrected chi connectivity index (χ0v) is 18.2. The molecular formula is C23H23ClF3N3O2. The lowest BCUT2D eigenvalue weighted by Gasteiger charge is -2.24. The number of amides is 2. The number of anilines is 1. The predicted octanol–water partition coefficient (Wildman–Crippen LogP) is 5.89. The van der Waals surface area contributed by atoms with E-state index in [0.717, 1.165) is 23.4 Å². The first-order chi connectivity index (χ1) is 15.3. The van der Waals surface area contributed by atoms with Crippen LogP contribution >= 0.6 is 11.6 Å². The second kappa shape index (κ2) is 10.6. The maximum Gasteiger partial charge on any atom is 0.416 e. The first-order valence-corrected chi connectivity index (χ1v) is 10.2. The average Bonchev–Trinajstić information content (AvgIpc) is 3.17. The largest absolute Gasteiger partial charge is 0.416 e. The molecule has 0 saturated carbocycles. The minimum Gasteiger partial charge on any atom is -0.383 e. The van der Waals surface area contributed by atoms with E-state index in [1.807, 2.05) is 41.1 Å². The van der Waals surface area contributed by atoms with Gasteiger partial charge in [0, 0.05) is 42.8 Å². The third-order valence-electron chi connectivity index (χ3n) is 4.81. The summed E-state index contributed by atoms with van der Waals surface area (Å²) < 4.78 is 46.0. The topological polar surface area (TPSA) is 46.5 Å². The number of methoxy groups -OCH3 is 1. The molecule has 0 aliphatic carbocycles. The number of nitrogens with one attached hydrogen (secondary N) is 1. The van der Waals surface area contributed by atoms with Gasteiger partial charge in [-0.1, -0.05) is 29.8 Å². The van der Waals surface area contributed by atoms with Crippen LogP contribution < -0.4 is 5.32 Å². The van der Waals surface area contributed by atoms with Gasteiger partial charge in [-0.15, -0.1) is 0 Å². The molecule has 0 aliphatic heterocycles. The van der Waals surface area contributed by atoms with Crippen molar-refractivity contribution >= 4 is 23.3 Å². The van der Waals surface area contributed by atoms with E-state index in [0.29, 0.717) is 11.6 Å². The Balaban J connectivity index is 1.75. The van der Waals surface area contributed by atoms with E-state index in [2.05, 4.69) is 5.32 Å². The van der Waals surface area contributed by atoms with Crippen molar-refractivity contribution in [2.75, 3.05) is 25.6 Å².